The van der Waals surface area contributed by atoms with Crippen LogP contribution in [-0.2, 0) is 16.0 Å². The third-order valence-electron chi connectivity index (χ3n) is 5.48. The standard InChI is InChI=1S/C19H26N2O2S/c1-4-23-16-11-19(20,18(16,2)3)17(22)21-10-9-13-12-24-15-8-6-5-7-14(13)15/h5-8,12,16H,4,9-11,20H2,1-3H3,(H,21,22). The summed E-state index contributed by atoms with van der Waals surface area (Å²) in [6.07, 6.45) is 1.46. The van der Waals surface area contributed by atoms with E-state index in [0.29, 0.717) is 19.6 Å². The smallest absolute Gasteiger partial charge is 0.240 e. The molecule has 5 heteroatoms. The number of nitrogens with one attached hydrogen (secondary N) is 1. The van der Waals surface area contributed by atoms with Crippen molar-refractivity contribution in [1.82, 2.24) is 5.32 Å². The van der Waals surface area contributed by atoms with Gasteiger partial charge in [-0.25, -0.2) is 0 Å². The highest BCUT2D eigenvalue weighted by Gasteiger charge is 2.62. The first-order valence-corrected chi connectivity index (χ1v) is 9.42. The average Bonchev–Trinajstić information content (AvgIpc) is 2.97. The van der Waals surface area contributed by atoms with E-state index in [1.807, 2.05) is 20.8 Å². The van der Waals surface area contributed by atoms with Gasteiger partial charge < -0.3 is 15.8 Å². The maximum absolute atomic E-state index is 12.6. The molecule has 1 amide bonds. The Morgan fingerprint density at radius 2 is 2.17 bits per heavy atom. The van der Waals surface area contributed by atoms with Gasteiger partial charge in [0.25, 0.3) is 0 Å². The summed E-state index contributed by atoms with van der Waals surface area (Å²) in [7, 11) is 0. The number of amides is 1. The van der Waals surface area contributed by atoms with Crippen LogP contribution >= 0.6 is 11.3 Å². The van der Waals surface area contributed by atoms with Gasteiger partial charge in [0.05, 0.1) is 6.10 Å². The summed E-state index contributed by atoms with van der Waals surface area (Å²) >= 11 is 1.75. The van der Waals surface area contributed by atoms with E-state index in [4.69, 9.17) is 10.5 Å². The fourth-order valence-electron chi connectivity index (χ4n) is 3.52. The fourth-order valence-corrected chi connectivity index (χ4v) is 4.51. The highest BCUT2D eigenvalue weighted by molar-refractivity contribution is 7.17. The zero-order valence-corrected chi connectivity index (χ0v) is 15.4. The Kier molecular flexibility index (Phi) is 4.69. The van der Waals surface area contributed by atoms with Crippen molar-refractivity contribution >= 4 is 27.3 Å². The van der Waals surface area contributed by atoms with Gasteiger partial charge in [0, 0.05) is 29.7 Å². The van der Waals surface area contributed by atoms with Crippen LogP contribution in [0.25, 0.3) is 10.1 Å². The Balaban J connectivity index is 1.58. The Hall–Kier alpha value is -1.43. The molecule has 0 aliphatic heterocycles. The van der Waals surface area contributed by atoms with Crippen LogP contribution in [0.2, 0.25) is 0 Å². The third kappa shape index (κ3) is 2.75. The van der Waals surface area contributed by atoms with Gasteiger partial charge in [-0.05, 0) is 35.7 Å². The number of hydrogen-bond acceptors (Lipinski definition) is 4. The van der Waals surface area contributed by atoms with Crippen LogP contribution in [-0.4, -0.2) is 30.7 Å². The normalized spacial score (nSPS) is 25.4. The van der Waals surface area contributed by atoms with E-state index in [9.17, 15) is 4.79 Å². The number of carbonyl (C=O) groups excluding carboxylic acids is 1. The van der Waals surface area contributed by atoms with Gasteiger partial charge >= 0.3 is 0 Å². The van der Waals surface area contributed by atoms with Gasteiger partial charge in [0.1, 0.15) is 5.54 Å². The van der Waals surface area contributed by atoms with Crippen molar-refractivity contribution < 1.29 is 9.53 Å². The molecule has 2 aromatic rings. The summed E-state index contributed by atoms with van der Waals surface area (Å²) < 4.78 is 6.98. The van der Waals surface area contributed by atoms with Crippen molar-refractivity contribution in [2.45, 2.75) is 45.3 Å². The van der Waals surface area contributed by atoms with E-state index in [-0.39, 0.29) is 17.4 Å². The van der Waals surface area contributed by atoms with Crippen LogP contribution in [0.1, 0.15) is 32.8 Å². The quantitative estimate of drug-likeness (QED) is 0.845. The van der Waals surface area contributed by atoms with Crippen LogP contribution in [0, 0.1) is 5.41 Å². The molecule has 0 radical (unpaired) electrons. The van der Waals surface area contributed by atoms with Crippen LogP contribution in [0.5, 0.6) is 0 Å². The van der Waals surface area contributed by atoms with Crippen molar-refractivity contribution in [3.05, 3.63) is 35.2 Å². The molecule has 0 bridgehead atoms. The molecule has 1 aromatic heterocycles. The molecule has 3 rings (SSSR count). The summed E-state index contributed by atoms with van der Waals surface area (Å²) in [4.78, 5) is 12.6. The van der Waals surface area contributed by atoms with Crippen molar-refractivity contribution in [3.63, 3.8) is 0 Å². The van der Waals surface area contributed by atoms with Gasteiger partial charge in [-0.2, -0.15) is 0 Å². The van der Waals surface area contributed by atoms with Gasteiger partial charge in [0.15, 0.2) is 0 Å². The zero-order chi connectivity index (χ0) is 17.4. The molecule has 1 heterocycles. The minimum atomic E-state index is -0.844. The van der Waals surface area contributed by atoms with Crippen molar-refractivity contribution in [2.24, 2.45) is 11.1 Å². The molecule has 1 fully saturated rings. The summed E-state index contributed by atoms with van der Waals surface area (Å²) in [5, 5.41) is 6.48. The molecule has 4 nitrogen and oxygen atoms in total. The summed E-state index contributed by atoms with van der Waals surface area (Å²) in [6.45, 7) is 7.26. The lowest BCUT2D eigenvalue weighted by Crippen LogP contribution is -2.75. The first-order valence-electron chi connectivity index (χ1n) is 8.54. The molecule has 1 saturated carbocycles. The fraction of sp³-hybridized carbons (Fsp3) is 0.526. The van der Waals surface area contributed by atoms with Crippen LogP contribution < -0.4 is 11.1 Å². The highest BCUT2D eigenvalue weighted by Crippen LogP contribution is 2.49. The lowest BCUT2D eigenvalue weighted by Gasteiger charge is -2.57. The minimum Gasteiger partial charge on any atom is -0.378 e. The van der Waals surface area contributed by atoms with E-state index >= 15 is 0 Å². The maximum Gasteiger partial charge on any atom is 0.240 e. The predicted molar refractivity (Wildman–Crippen MR) is 99.3 cm³/mol. The zero-order valence-electron chi connectivity index (χ0n) is 14.6. The second kappa shape index (κ2) is 6.47. The summed E-state index contributed by atoms with van der Waals surface area (Å²) in [5.41, 5.74) is 6.50. The topological polar surface area (TPSA) is 64.3 Å². The molecule has 2 atom stereocenters. The Labute approximate surface area is 147 Å². The van der Waals surface area contributed by atoms with E-state index in [1.54, 1.807) is 11.3 Å². The molecular weight excluding hydrogens is 320 g/mol. The van der Waals surface area contributed by atoms with E-state index < -0.39 is 5.54 Å². The maximum atomic E-state index is 12.6. The van der Waals surface area contributed by atoms with Crippen molar-refractivity contribution in [3.8, 4) is 0 Å². The second-order valence-corrected chi connectivity index (χ2v) is 8.02. The SMILES string of the molecule is CCOC1CC(N)(C(=O)NCCc2csc3ccccc23)C1(C)C. The minimum absolute atomic E-state index is 0.0547. The van der Waals surface area contributed by atoms with Crippen LogP contribution in [0.4, 0.5) is 0 Å². The third-order valence-corrected chi connectivity index (χ3v) is 6.49. The molecule has 1 aliphatic carbocycles. The largest absolute Gasteiger partial charge is 0.378 e. The monoisotopic (exact) mass is 346 g/mol. The van der Waals surface area contributed by atoms with Gasteiger partial charge in [-0.3, -0.25) is 4.79 Å². The number of nitrogens with two attached hydrogens (primary N) is 1. The number of hydrogen-bond donors (Lipinski definition) is 2. The average molecular weight is 346 g/mol. The summed E-state index contributed by atoms with van der Waals surface area (Å²) in [6, 6.07) is 8.36. The number of benzene rings is 1. The first kappa shape index (κ1) is 17.4. The molecule has 3 N–H and O–H groups in total. The first-order chi connectivity index (χ1) is 11.4. The Morgan fingerprint density at radius 1 is 1.42 bits per heavy atom. The molecule has 24 heavy (non-hydrogen) atoms. The number of ether oxygens (including phenoxy) is 1. The molecule has 1 aliphatic rings. The lowest BCUT2D eigenvalue weighted by molar-refractivity contribution is -0.170. The van der Waals surface area contributed by atoms with Gasteiger partial charge in [-0.1, -0.05) is 32.0 Å². The molecule has 0 spiro atoms. The van der Waals surface area contributed by atoms with Gasteiger partial charge in [0.2, 0.25) is 5.91 Å². The van der Waals surface area contributed by atoms with E-state index in [1.165, 1.54) is 15.6 Å². The molecule has 130 valence electrons. The second-order valence-electron chi connectivity index (χ2n) is 7.10. The number of thiophene rings is 1. The molecular formula is C19H26N2O2S. The highest BCUT2D eigenvalue weighted by atomic mass is 32.1. The number of rotatable bonds is 6. The van der Waals surface area contributed by atoms with Crippen LogP contribution in [0.3, 0.4) is 0 Å². The molecule has 1 aromatic carbocycles. The lowest BCUT2D eigenvalue weighted by atomic mass is 9.54. The Morgan fingerprint density at radius 3 is 2.88 bits per heavy atom. The van der Waals surface area contributed by atoms with E-state index in [2.05, 4.69) is 35.0 Å². The van der Waals surface area contributed by atoms with Crippen molar-refractivity contribution in [2.75, 3.05) is 13.2 Å². The van der Waals surface area contributed by atoms with Gasteiger partial charge in [-0.15, -0.1) is 11.3 Å². The van der Waals surface area contributed by atoms with Crippen molar-refractivity contribution in [1.29, 1.82) is 0 Å². The number of fused-ring (bicyclic) bond motifs is 1. The van der Waals surface area contributed by atoms with E-state index in [0.717, 1.165) is 6.42 Å². The molecule has 0 saturated heterocycles. The predicted octanol–water partition coefficient (Wildman–Crippen LogP) is 3.09. The molecule has 2 unspecified atom stereocenters. The Bertz CT molecular complexity index is 740. The number of carbonyl (C=O) groups is 1. The summed E-state index contributed by atoms with van der Waals surface area (Å²) in [5.74, 6) is -0.0667. The van der Waals surface area contributed by atoms with Crippen LogP contribution in [0.15, 0.2) is 29.6 Å².